The van der Waals surface area contributed by atoms with Crippen LogP contribution in [-0.4, -0.2) is 33.8 Å². The van der Waals surface area contributed by atoms with Gasteiger partial charge in [0, 0.05) is 23.1 Å². The van der Waals surface area contributed by atoms with E-state index in [4.69, 9.17) is 4.74 Å². The van der Waals surface area contributed by atoms with Gasteiger partial charge >= 0.3 is 5.97 Å². The monoisotopic (exact) mass is 504 g/mol. The molecule has 0 saturated heterocycles. The van der Waals surface area contributed by atoms with E-state index in [-0.39, 0.29) is 22.1 Å². The van der Waals surface area contributed by atoms with E-state index < -0.39 is 23.3 Å². The van der Waals surface area contributed by atoms with Crippen molar-refractivity contribution in [2.75, 3.05) is 17.2 Å². The fraction of sp³-hybridized carbons (Fsp3) is 0.192. The summed E-state index contributed by atoms with van der Waals surface area (Å²) in [5.41, 5.74) is 3.25. The summed E-state index contributed by atoms with van der Waals surface area (Å²) in [4.78, 5) is 55.9. The zero-order valence-electron chi connectivity index (χ0n) is 20.2. The second-order valence-corrected chi connectivity index (χ2v) is 9.12. The Morgan fingerprint density at radius 1 is 0.917 bits per heavy atom. The highest BCUT2D eigenvalue weighted by Crippen LogP contribution is 2.25. The second-order valence-electron chi connectivity index (χ2n) is 8.14. The van der Waals surface area contributed by atoms with E-state index in [9.17, 15) is 19.2 Å². The molecule has 0 aliphatic heterocycles. The predicted octanol–water partition coefficient (Wildman–Crippen LogP) is 4.36. The smallest absolute Gasteiger partial charge is 0.338 e. The molecule has 184 valence electrons. The van der Waals surface area contributed by atoms with Crippen molar-refractivity contribution in [3.8, 4) is 0 Å². The number of anilines is 2. The molecule has 0 saturated carbocycles. The fourth-order valence-electron chi connectivity index (χ4n) is 3.55. The van der Waals surface area contributed by atoms with Crippen LogP contribution in [0.1, 0.15) is 54.3 Å². The molecule has 0 aliphatic carbocycles. The van der Waals surface area contributed by atoms with Crippen LogP contribution >= 0.6 is 11.3 Å². The maximum Gasteiger partial charge on any atom is 0.338 e. The number of aryl methyl sites for hydroxylation is 3. The van der Waals surface area contributed by atoms with Gasteiger partial charge in [0.15, 0.2) is 4.96 Å². The first-order valence-electron chi connectivity index (χ1n) is 11.2. The molecule has 0 fully saturated rings. The number of ether oxygens (including phenoxy) is 1. The number of hydrogen-bond acceptors (Lipinski definition) is 7. The van der Waals surface area contributed by atoms with Crippen LogP contribution in [0.3, 0.4) is 0 Å². The third kappa shape index (κ3) is 5.03. The van der Waals surface area contributed by atoms with Crippen molar-refractivity contribution in [2.24, 2.45) is 0 Å². The Labute approximate surface area is 210 Å². The summed E-state index contributed by atoms with van der Waals surface area (Å²) in [5, 5.41) is 5.51. The van der Waals surface area contributed by atoms with Gasteiger partial charge in [0.1, 0.15) is 10.6 Å². The summed E-state index contributed by atoms with van der Waals surface area (Å²) in [5.74, 6) is -1.66. The lowest BCUT2D eigenvalue weighted by atomic mass is 10.1. The van der Waals surface area contributed by atoms with Crippen LogP contribution in [0, 0.1) is 20.8 Å². The van der Waals surface area contributed by atoms with Gasteiger partial charge in [0.05, 0.1) is 12.2 Å². The second kappa shape index (κ2) is 10.1. The average Bonchev–Trinajstić information content (AvgIpc) is 3.22. The van der Waals surface area contributed by atoms with E-state index in [0.29, 0.717) is 22.6 Å². The number of aromatic nitrogens is 2. The third-order valence-corrected chi connectivity index (χ3v) is 6.53. The zero-order valence-corrected chi connectivity index (χ0v) is 21.0. The molecule has 0 atom stereocenters. The maximum atomic E-state index is 13.4. The Morgan fingerprint density at radius 3 is 2.25 bits per heavy atom. The summed E-state index contributed by atoms with van der Waals surface area (Å²) in [6.07, 6.45) is 0. The Hall–Kier alpha value is -4.31. The minimum absolute atomic E-state index is 0.0287. The maximum absolute atomic E-state index is 13.4. The van der Waals surface area contributed by atoms with Crippen molar-refractivity contribution in [3.05, 3.63) is 91.8 Å². The van der Waals surface area contributed by atoms with E-state index >= 15 is 0 Å². The molecule has 2 aromatic heterocycles. The molecule has 4 rings (SSSR count). The van der Waals surface area contributed by atoms with Gasteiger partial charge in [-0.25, -0.2) is 14.2 Å². The summed E-state index contributed by atoms with van der Waals surface area (Å²) >= 11 is 0.944. The van der Waals surface area contributed by atoms with Gasteiger partial charge in [-0.15, -0.1) is 0 Å². The van der Waals surface area contributed by atoms with Crippen molar-refractivity contribution in [3.63, 3.8) is 0 Å². The standard InChI is InChI=1S/C26H24N4O5S/c1-5-35-25(34)17-7-10-18(11-8-17)28-24(33)22-21(30-20(31)13-16(4)27-26(30)36-22)23(32)29-19-9-6-14(2)15(3)12-19/h6-13H,5H2,1-4H3,(H,28,33)(H,29,32). The summed E-state index contributed by atoms with van der Waals surface area (Å²) < 4.78 is 6.11. The highest BCUT2D eigenvalue weighted by Gasteiger charge is 2.26. The van der Waals surface area contributed by atoms with E-state index in [1.54, 1.807) is 32.0 Å². The van der Waals surface area contributed by atoms with Gasteiger partial charge in [0.2, 0.25) is 0 Å². The minimum atomic E-state index is -0.611. The molecule has 0 spiro atoms. The molecule has 2 aromatic carbocycles. The van der Waals surface area contributed by atoms with Gasteiger partial charge < -0.3 is 15.4 Å². The molecular formula is C26H24N4O5S. The quantitative estimate of drug-likeness (QED) is 0.377. The third-order valence-electron chi connectivity index (χ3n) is 5.49. The highest BCUT2D eigenvalue weighted by molar-refractivity contribution is 7.19. The van der Waals surface area contributed by atoms with E-state index in [2.05, 4.69) is 15.6 Å². The first kappa shape index (κ1) is 24.8. The number of esters is 1. The lowest BCUT2D eigenvalue weighted by molar-refractivity contribution is 0.0526. The number of hydrogen-bond donors (Lipinski definition) is 2. The number of benzene rings is 2. The van der Waals surface area contributed by atoms with E-state index in [1.807, 2.05) is 26.0 Å². The van der Waals surface area contributed by atoms with E-state index in [0.717, 1.165) is 26.9 Å². The molecular weight excluding hydrogens is 480 g/mol. The number of thiazole rings is 1. The normalized spacial score (nSPS) is 10.8. The highest BCUT2D eigenvalue weighted by atomic mass is 32.1. The van der Waals surface area contributed by atoms with E-state index in [1.165, 1.54) is 18.2 Å². The number of fused-ring (bicyclic) bond motifs is 1. The van der Waals surface area contributed by atoms with Crippen LogP contribution in [0.5, 0.6) is 0 Å². The van der Waals surface area contributed by atoms with Gasteiger partial charge in [-0.2, -0.15) is 0 Å². The van der Waals surface area contributed by atoms with Gasteiger partial charge in [0.25, 0.3) is 17.4 Å². The van der Waals surface area contributed by atoms with Gasteiger partial charge in [-0.3, -0.25) is 14.4 Å². The summed E-state index contributed by atoms with van der Waals surface area (Å²) in [6, 6.07) is 12.9. The number of carbonyl (C=O) groups is 3. The molecule has 0 aliphatic rings. The molecule has 2 amide bonds. The van der Waals surface area contributed by atoms with Crippen LogP contribution < -0.4 is 16.2 Å². The zero-order chi connectivity index (χ0) is 26.0. The van der Waals surface area contributed by atoms with Crippen molar-refractivity contribution in [1.29, 1.82) is 0 Å². The number of nitrogens with one attached hydrogen (secondary N) is 2. The van der Waals surface area contributed by atoms with Crippen molar-refractivity contribution < 1.29 is 19.1 Å². The Balaban J connectivity index is 1.70. The first-order valence-corrected chi connectivity index (χ1v) is 12.0. The molecule has 0 unspecified atom stereocenters. The Bertz CT molecular complexity index is 1550. The lowest BCUT2D eigenvalue weighted by Crippen LogP contribution is -2.25. The van der Waals surface area contributed by atoms with Gasteiger partial charge in [-0.05, 0) is 75.2 Å². The number of nitrogens with zero attached hydrogens (tertiary/aromatic N) is 2. The first-order chi connectivity index (χ1) is 17.2. The molecule has 2 N–H and O–H groups in total. The topological polar surface area (TPSA) is 119 Å². The number of rotatable bonds is 6. The summed E-state index contributed by atoms with van der Waals surface area (Å²) in [6.45, 7) is 7.52. The molecule has 36 heavy (non-hydrogen) atoms. The lowest BCUT2D eigenvalue weighted by Gasteiger charge is -2.10. The largest absolute Gasteiger partial charge is 0.462 e. The van der Waals surface area contributed by atoms with Crippen molar-refractivity contribution in [2.45, 2.75) is 27.7 Å². The van der Waals surface area contributed by atoms with Crippen molar-refractivity contribution in [1.82, 2.24) is 9.38 Å². The summed E-state index contributed by atoms with van der Waals surface area (Å²) in [7, 11) is 0. The molecule has 10 heteroatoms. The van der Waals surface area contributed by atoms with Gasteiger partial charge in [-0.1, -0.05) is 17.4 Å². The van der Waals surface area contributed by atoms with Crippen LogP contribution in [0.25, 0.3) is 4.96 Å². The Morgan fingerprint density at radius 2 is 1.58 bits per heavy atom. The molecule has 9 nitrogen and oxygen atoms in total. The van der Waals surface area contributed by atoms with Crippen LogP contribution in [-0.2, 0) is 4.74 Å². The van der Waals surface area contributed by atoms with Crippen molar-refractivity contribution >= 4 is 45.5 Å². The van der Waals surface area contributed by atoms with Crippen LogP contribution in [0.4, 0.5) is 11.4 Å². The molecule has 2 heterocycles. The molecule has 0 bridgehead atoms. The molecule has 0 radical (unpaired) electrons. The predicted molar refractivity (Wildman–Crippen MR) is 138 cm³/mol. The van der Waals surface area contributed by atoms with Crippen LogP contribution in [0.2, 0.25) is 0 Å². The SMILES string of the molecule is CCOC(=O)c1ccc(NC(=O)c2sc3nc(C)cc(=O)n3c2C(=O)Nc2ccc(C)c(C)c2)cc1. The fourth-order valence-corrected chi connectivity index (χ4v) is 4.62. The average molecular weight is 505 g/mol. The minimum Gasteiger partial charge on any atom is -0.462 e. The number of carbonyl (C=O) groups excluding carboxylic acids is 3. The molecule has 4 aromatic rings. The van der Waals surface area contributed by atoms with Crippen LogP contribution in [0.15, 0.2) is 53.3 Å². The Kier molecular flexibility index (Phi) is 6.98. The number of amides is 2.